The quantitative estimate of drug-likeness (QED) is 0.664. The highest BCUT2D eigenvalue weighted by atomic mass is 19.3. The van der Waals surface area contributed by atoms with E-state index < -0.39 is 6.43 Å². The molecule has 30 heavy (non-hydrogen) atoms. The highest BCUT2D eigenvalue weighted by molar-refractivity contribution is 5.96. The molecular weight excluding hydrogens is 386 g/mol. The Hall–Kier alpha value is -3.22. The van der Waals surface area contributed by atoms with Gasteiger partial charge in [-0.3, -0.25) is 9.48 Å². The maximum atomic E-state index is 14.0. The molecule has 0 radical (unpaired) electrons. The fourth-order valence-electron chi connectivity index (χ4n) is 4.55. The molecule has 0 fully saturated rings. The van der Waals surface area contributed by atoms with E-state index in [1.807, 2.05) is 24.3 Å². The van der Waals surface area contributed by atoms with Crippen molar-refractivity contribution in [3.05, 3.63) is 59.4 Å². The third-order valence-electron chi connectivity index (χ3n) is 5.94. The van der Waals surface area contributed by atoms with E-state index in [-0.39, 0.29) is 11.5 Å². The van der Waals surface area contributed by atoms with Gasteiger partial charge < -0.3 is 10.2 Å². The number of alkyl halides is 2. The van der Waals surface area contributed by atoms with Crippen LogP contribution in [0, 0.1) is 0 Å². The monoisotopic (exact) mass is 408 g/mol. The number of carbonyl (C=O) groups excluding carboxylic acids is 1. The van der Waals surface area contributed by atoms with Gasteiger partial charge >= 0.3 is 0 Å². The lowest BCUT2D eigenvalue weighted by atomic mass is 9.91. The molecule has 2 aliphatic heterocycles. The standard InChI is InChI=1S/C23H22F2N4O/c1-28-13-15(12-26-28)17-10-14-4-3-9-29(21(14)11-18(17)23(24)25)20-6-2-5-19-16(20)7-8-22(30)27-19/h2,5-6,10-13,23H,3-4,7-9H2,1H3,(H,27,30). The lowest BCUT2D eigenvalue weighted by Gasteiger charge is -2.35. The highest BCUT2D eigenvalue weighted by Crippen LogP contribution is 2.43. The van der Waals surface area contributed by atoms with Gasteiger partial charge in [0, 0.05) is 54.4 Å². The van der Waals surface area contributed by atoms with Crippen molar-refractivity contribution >= 4 is 23.0 Å². The summed E-state index contributed by atoms with van der Waals surface area (Å²) in [6.45, 7) is 0.756. The van der Waals surface area contributed by atoms with Crippen molar-refractivity contribution in [3.8, 4) is 11.1 Å². The van der Waals surface area contributed by atoms with Crippen molar-refractivity contribution in [3.63, 3.8) is 0 Å². The lowest BCUT2D eigenvalue weighted by Crippen LogP contribution is -2.28. The number of nitrogens with zero attached hydrogens (tertiary/aromatic N) is 3. The number of halogens is 2. The van der Waals surface area contributed by atoms with Crippen molar-refractivity contribution < 1.29 is 13.6 Å². The smallest absolute Gasteiger partial charge is 0.264 e. The number of amides is 1. The zero-order valence-corrected chi connectivity index (χ0v) is 16.7. The van der Waals surface area contributed by atoms with Crippen LogP contribution in [-0.4, -0.2) is 22.2 Å². The first-order valence-corrected chi connectivity index (χ1v) is 10.1. The Labute approximate surface area is 173 Å². The number of aryl methyl sites for hydroxylation is 2. The van der Waals surface area contributed by atoms with Gasteiger partial charge in [-0.2, -0.15) is 5.10 Å². The Morgan fingerprint density at radius 1 is 1.13 bits per heavy atom. The van der Waals surface area contributed by atoms with Crippen molar-refractivity contribution in [2.24, 2.45) is 7.05 Å². The van der Waals surface area contributed by atoms with Gasteiger partial charge in [0.2, 0.25) is 5.91 Å². The fourth-order valence-corrected chi connectivity index (χ4v) is 4.55. The van der Waals surface area contributed by atoms with Crippen LogP contribution in [0.4, 0.5) is 25.8 Å². The molecule has 1 amide bonds. The molecule has 154 valence electrons. The number of anilines is 3. The molecule has 3 aromatic rings. The van der Waals surface area contributed by atoms with E-state index >= 15 is 0 Å². The van der Waals surface area contributed by atoms with Gasteiger partial charge in [0.15, 0.2) is 0 Å². The number of hydrogen-bond acceptors (Lipinski definition) is 3. The number of carbonyl (C=O) groups is 1. The summed E-state index contributed by atoms with van der Waals surface area (Å²) in [5.74, 6) is 0.0137. The van der Waals surface area contributed by atoms with E-state index in [2.05, 4.69) is 15.3 Å². The van der Waals surface area contributed by atoms with Crippen molar-refractivity contribution in [2.75, 3.05) is 16.8 Å². The van der Waals surface area contributed by atoms with Crippen LogP contribution < -0.4 is 10.2 Å². The first-order chi connectivity index (χ1) is 14.5. The van der Waals surface area contributed by atoms with E-state index in [0.29, 0.717) is 24.0 Å². The lowest BCUT2D eigenvalue weighted by molar-refractivity contribution is -0.116. The summed E-state index contributed by atoms with van der Waals surface area (Å²) in [4.78, 5) is 13.9. The summed E-state index contributed by atoms with van der Waals surface area (Å²) in [5.41, 5.74) is 6.02. The SMILES string of the molecule is Cn1cc(-c2cc3c(cc2C(F)F)N(c2cccc4c2CCC(=O)N4)CCC3)cn1. The molecule has 5 nitrogen and oxygen atoms in total. The zero-order valence-electron chi connectivity index (χ0n) is 16.7. The Morgan fingerprint density at radius 3 is 2.77 bits per heavy atom. The largest absolute Gasteiger partial charge is 0.341 e. The van der Waals surface area contributed by atoms with Crippen molar-refractivity contribution in [2.45, 2.75) is 32.1 Å². The van der Waals surface area contributed by atoms with Crippen LogP contribution in [0.3, 0.4) is 0 Å². The molecule has 0 aliphatic carbocycles. The third kappa shape index (κ3) is 3.14. The number of fused-ring (bicyclic) bond motifs is 2. The van der Waals surface area contributed by atoms with E-state index in [4.69, 9.17) is 0 Å². The summed E-state index contributed by atoms with van der Waals surface area (Å²) < 4.78 is 29.7. The second-order valence-electron chi connectivity index (χ2n) is 7.88. The van der Waals surface area contributed by atoms with Gasteiger partial charge in [-0.15, -0.1) is 0 Å². The van der Waals surface area contributed by atoms with Crippen LogP contribution in [0.1, 0.15) is 36.0 Å². The van der Waals surface area contributed by atoms with E-state index in [9.17, 15) is 13.6 Å². The topological polar surface area (TPSA) is 50.2 Å². The molecule has 0 unspecified atom stereocenters. The first-order valence-electron chi connectivity index (χ1n) is 10.1. The van der Waals surface area contributed by atoms with Gasteiger partial charge in [-0.25, -0.2) is 8.78 Å². The van der Waals surface area contributed by atoms with Crippen LogP contribution in [-0.2, 0) is 24.7 Å². The van der Waals surface area contributed by atoms with Crippen molar-refractivity contribution in [1.82, 2.24) is 9.78 Å². The predicted octanol–water partition coefficient (Wildman–Crippen LogP) is 4.99. The summed E-state index contributed by atoms with van der Waals surface area (Å²) in [6, 6.07) is 9.37. The molecule has 0 spiro atoms. The van der Waals surface area contributed by atoms with Crippen LogP contribution in [0.15, 0.2) is 42.7 Å². The maximum Gasteiger partial charge on any atom is 0.264 e. The molecule has 1 aromatic heterocycles. The van der Waals surface area contributed by atoms with E-state index in [1.54, 1.807) is 30.2 Å². The summed E-state index contributed by atoms with van der Waals surface area (Å²) in [6.07, 6.45) is 3.68. The van der Waals surface area contributed by atoms with Gasteiger partial charge in [0.1, 0.15) is 0 Å². The minimum atomic E-state index is -2.58. The molecule has 0 saturated heterocycles. The number of aromatic nitrogens is 2. The second kappa shape index (κ2) is 7.23. The molecular formula is C23H22F2N4O. The molecule has 2 aliphatic rings. The second-order valence-corrected chi connectivity index (χ2v) is 7.88. The van der Waals surface area contributed by atoms with E-state index in [1.165, 1.54) is 0 Å². The zero-order chi connectivity index (χ0) is 20.8. The summed E-state index contributed by atoms with van der Waals surface area (Å²) in [5, 5.41) is 7.08. The van der Waals surface area contributed by atoms with Gasteiger partial charge in [0.05, 0.1) is 6.20 Å². The fraction of sp³-hybridized carbons (Fsp3) is 0.304. The number of nitrogens with one attached hydrogen (secondary N) is 1. The molecule has 7 heteroatoms. The summed E-state index contributed by atoms with van der Waals surface area (Å²) >= 11 is 0. The maximum absolute atomic E-state index is 14.0. The number of hydrogen-bond donors (Lipinski definition) is 1. The minimum absolute atomic E-state index is 0.0137. The Kier molecular flexibility index (Phi) is 4.53. The number of benzene rings is 2. The van der Waals surface area contributed by atoms with Crippen LogP contribution in [0.2, 0.25) is 0 Å². The predicted molar refractivity (Wildman–Crippen MR) is 112 cm³/mol. The van der Waals surface area contributed by atoms with Gasteiger partial charge in [0.25, 0.3) is 6.43 Å². The molecule has 0 bridgehead atoms. The van der Waals surface area contributed by atoms with Gasteiger partial charge in [-0.05, 0) is 60.2 Å². The Morgan fingerprint density at radius 2 is 2.00 bits per heavy atom. The molecule has 3 heterocycles. The number of rotatable bonds is 3. The molecule has 5 rings (SSSR count). The molecule has 0 atom stereocenters. The first kappa shape index (κ1) is 18.8. The normalized spacial score (nSPS) is 15.7. The Balaban J connectivity index is 1.64. The molecule has 0 saturated carbocycles. The average molecular weight is 408 g/mol. The summed E-state index contributed by atoms with van der Waals surface area (Å²) in [7, 11) is 1.78. The van der Waals surface area contributed by atoms with Crippen LogP contribution in [0.25, 0.3) is 11.1 Å². The van der Waals surface area contributed by atoms with E-state index in [0.717, 1.165) is 47.6 Å². The Bertz CT molecular complexity index is 1140. The van der Waals surface area contributed by atoms with Crippen molar-refractivity contribution in [1.29, 1.82) is 0 Å². The highest BCUT2D eigenvalue weighted by Gasteiger charge is 2.27. The molecule has 1 N–H and O–H groups in total. The van der Waals surface area contributed by atoms with Gasteiger partial charge in [-0.1, -0.05) is 6.07 Å². The van der Waals surface area contributed by atoms with Crippen LogP contribution >= 0.6 is 0 Å². The van der Waals surface area contributed by atoms with Crippen LogP contribution in [0.5, 0.6) is 0 Å². The third-order valence-corrected chi connectivity index (χ3v) is 5.94. The molecule has 2 aromatic carbocycles. The minimum Gasteiger partial charge on any atom is -0.341 e. The average Bonchev–Trinajstić information content (AvgIpc) is 3.17.